The quantitative estimate of drug-likeness (QED) is 0.941. The summed E-state index contributed by atoms with van der Waals surface area (Å²) in [4.78, 5) is 18.4. The van der Waals surface area contributed by atoms with Crippen molar-refractivity contribution in [3.05, 3.63) is 47.4 Å². The highest BCUT2D eigenvalue weighted by Crippen LogP contribution is 2.35. The number of anilines is 2. The molecule has 1 aromatic carbocycles. The molecule has 0 unspecified atom stereocenters. The fourth-order valence-electron chi connectivity index (χ4n) is 2.81. The Labute approximate surface area is 129 Å². The smallest absolute Gasteiger partial charge is 0.226 e. The lowest BCUT2D eigenvalue weighted by Gasteiger charge is -2.28. The maximum absolute atomic E-state index is 12.1. The Morgan fingerprint density at radius 3 is 2.55 bits per heavy atom. The average molecular weight is 297 g/mol. The second-order valence-corrected chi connectivity index (χ2v) is 5.64. The average Bonchev–Trinajstić information content (AvgIpc) is 2.93. The third-order valence-electron chi connectivity index (χ3n) is 3.90. The lowest BCUT2D eigenvalue weighted by molar-refractivity contribution is -0.114. The Kier molecular flexibility index (Phi) is 3.44. The van der Waals surface area contributed by atoms with Crippen molar-refractivity contribution in [2.24, 2.45) is 0 Å². The highest BCUT2D eigenvalue weighted by molar-refractivity contribution is 5.96. The largest absolute Gasteiger partial charge is 0.378 e. The number of hydrogen-bond donors (Lipinski definition) is 1. The Morgan fingerprint density at radius 1 is 1.27 bits per heavy atom. The van der Waals surface area contributed by atoms with Gasteiger partial charge in [-0.1, -0.05) is 12.1 Å². The van der Waals surface area contributed by atoms with Crippen molar-refractivity contribution >= 4 is 17.4 Å². The molecule has 0 fully saturated rings. The fourth-order valence-corrected chi connectivity index (χ4v) is 2.81. The van der Waals surface area contributed by atoms with E-state index < -0.39 is 0 Å². The molecule has 1 N–H and O–H groups in total. The van der Waals surface area contributed by atoms with Crippen molar-refractivity contribution in [3.63, 3.8) is 0 Å². The first-order valence-electron chi connectivity index (χ1n) is 7.14. The lowest BCUT2D eigenvalue weighted by Crippen LogP contribution is -2.27. The van der Waals surface area contributed by atoms with Crippen LogP contribution in [0.3, 0.4) is 0 Å². The van der Waals surface area contributed by atoms with E-state index in [9.17, 15) is 4.79 Å². The molecule has 6 nitrogen and oxygen atoms in total. The summed E-state index contributed by atoms with van der Waals surface area (Å²) in [6, 6.07) is 7.91. The zero-order valence-corrected chi connectivity index (χ0v) is 13.2. The van der Waals surface area contributed by atoms with Crippen LogP contribution in [0.5, 0.6) is 0 Å². The molecule has 1 aromatic heterocycles. The monoisotopic (exact) mass is 297 g/mol. The molecule has 3 rings (SSSR count). The van der Waals surface area contributed by atoms with Crippen molar-refractivity contribution in [2.45, 2.75) is 19.9 Å². The second-order valence-electron chi connectivity index (χ2n) is 5.64. The summed E-state index contributed by atoms with van der Waals surface area (Å²) in [5.41, 5.74) is 3.68. The van der Waals surface area contributed by atoms with Gasteiger partial charge in [-0.15, -0.1) is 0 Å². The van der Waals surface area contributed by atoms with Crippen LogP contribution >= 0.6 is 0 Å². The van der Waals surface area contributed by atoms with Crippen LogP contribution in [0.15, 0.2) is 41.9 Å². The molecule has 0 bridgehead atoms. The van der Waals surface area contributed by atoms with Gasteiger partial charge in [0, 0.05) is 31.1 Å². The van der Waals surface area contributed by atoms with E-state index in [4.69, 9.17) is 0 Å². The van der Waals surface area contributed by atoms with E-state index in [0.717, 1.165) is 22.5 Å². The molecule has 0 spiro atoms. The van der Waals surface area contributed by atoms with Gasteiger partial charge in [0.2, 0.25) is 5.95 Å². The van der Waals surface area contributed by atoms with E-state index in [-0.39, 0.29) is 11.8 Å². The lowest BCUT2D eigenvalue weighted by atomic mass is 9.93. The number of ketones is 1. The molecule has 1 aliphatic heterocycles. The van der Waals surface area contributed by atoms with E-state index in [1.54, 1.807) is 11.6 Å². The summed E-state index contributed by atoms with van der Waals surface area (Å²) in [6.45, 7) is 3.49. The number of nitrogens with zero attached hydrogens (tertiary/aromatic N) is 4. The molecule has 2 aromatic rings. The molecule has 2 heterocycles. The van der Waals surface area contributed by atoms with Gasteiger partial charge in [-0.3, -0.25) is 4.79 Å². The van der Waals surface area contributed by atoms with Crippen molar-refractivity contribution in [1.82, 2.24) is 14.8 Å². The molecule has 0 amide bonds. The van der Waals surface area contributed by atoms with Crippen LogP contribution < -0.4 is 10.2 Å². The first-order chi connectivity index (χ1) is 10.5. The Hall–Kier alpha value is -2.63. The predicted molar refractivity (Wildman–Crippen MR) is 85.9 cm³/mol. The summed E-state index contributed by atoms with van der Waals surface area (Å²) in [7, 11) is 4.00. The number of nitrogens with one attached hydrogen (secondary N) is 1. The van der Waals surface area contributed by atoms with Gasteiger partial charge >= 0.3 is 0 Å². The van der Waals surface area contributed by atoms with Crippen LogP contribution in [0, 0.1) is 0 Å². The highest BCUT2D eigenvalue weighted by atomic mass is 16.1. The zero-order valence-electron chi connectivity index (χ0n) is 13.2. The maximum atomic E-state index is 12.1. The molecule has 0 saturated carbocycles. The molecule has 0 saturated heterocycles. The third-order valence-corrected chi connectivity index (χ3v) is 3.90. The summed E-state index contributed by atoms with van der Waals surface area (Å²) < 4.78 is 1.76. The van der Waals surface area contributed by atoms with Crippen molar-refractivity contribution in [3.8, 4) is 0 Å². The van der Waals surface area contributed by atoms with Crippen molar-refractivity contribution in [2.75, 3.05) is 24.3 Å². The SMILES string of the molecule is CC(=O)C1=C(C)Nc2ncnn2[C@H]1c1ccc(N(C)C)cc1. The number of benzene rings is 1. The van der Waals surface area contributed by atoms with Gasteiger partial charge in [-0.2, -0.15) is 10.1 Å². The molecule has 0 aliphatic carbocycles. The highest BCUT2D eigenvalue weighted by Gasteiger charge is 2.31. The number of fused-ring (bicyclic) bond motifs is 1. The molecular weight excluding hydrogens is 278 g/mol. The van der Waals surface area contributed by atoms with E-state index >= 15 is 0 Å². The van der Waals surface area contributed by atoms with Gasteiger partial charge in [0.25, 0.3) is 0 Å². The maximum Gasteiger partial charge on any atom is 0.226 e. The minimum absolute atomic E-state index is 0.0350. The molecule has 6 heteroatoms. The molecule has 1 atom stereocenters. The van der Waals surface area contributed by atoms with Gasteiger partial charge in [0.05, 0.1) is 0 Å². The number of allylic oxidation sites excluding steroid dienone is 2. The first-order valence-corrected chi connectivity index (χ1v) is 7.14. The summed E-state index contributed by atoms with van der Waals surface area (Å²) in [6.07, 6.45) is 1.50. The third kappa shape index (κ3) is 2.26. The van der Waals surface area contributed by atoms with Gasteiger partial charge in [-0.05, 0) is 31.5 Å². The molecular formula is C16H19N5O. The first kappa shape index (κ1) is 14.3. The Bertz CT molecular complexity index is 742. The normalized spacial score (nSPS) is 17.0. The van der Waals surface area contributed by atoms with Crippen LogP contribution in [-0.2, 0) is 4.79 Å². The van der Waals surface area contributed by atoms with E-state index in [2.05, 4.69) is 15.4 Å². The van der Waals surface area contributed by atoms with Crippen molar-refractivity contribution in [1.29, 1.82) is 0 Å². The van der Waals surface area contributed by atoms with Crippen LogP contribution in [-0.4, -0.2) is 34.6 Å². The number of hydrogen-bond acceptors (Lipinski definition) is 5. The van der Waals surface area contributed by atoms with Crippen molar-refractivity contribution < 1.29 is 4.79 Å². The summed E-state index contributed by atoms with van der Waals surface area (Å²) in [5.74, 6) is 0.692. The minimum Gasteiger partial charge on any atom is -0.378 e. The summed E-state index contributed by atoms with van der Waals surface area (Å²) >= 11 is 0. The van der Waals surface area contributed by atoms with Gasteiger partial charge in [0.1, 0.15) is 12.4 Å². The molecule has 114 valence electrons. The second kappa shape index (κ2) is 5.29. The Balaban J connectivity index is 2.12. The number of carbonyl (C=O) groups is 1. The predicted octanol–water partition coefficient (Wildman–Crippen LogP) is 2.22. The Morgan fingerprint density at radius 2 is 1.95 bits per heavy atom. The zero-order chi connectivity index (χ0) is 15.9. The van der Waals surface area contributed by atoms with Gasteiger partial charge in [0.15, 0.2) is 5.78 Å². The number of Topliss-reactive ketones (excluding diaryl/α,β-unsaturated/α-hetero) is 1. The van der Waals surface area contributed by atoms with E-state index in [0.29, 0.717) is 5.95 Å². The van der Waals surface area contributed by atoms with Gasteiger partial charge in [-0.25, -0.2) is 4.68 Å². The molecule has 0 radical (unpaired) electrons. The van der Waals surface area contributed by atoms with Crippen LogP contribution in [0.2, 0.25) is 0 Å². The molecule has 22 heavy (non-hydrogen) atoms. The fraction of sp³-hybridized carbons (Fsp3) is 0.312. The topological polar surface area (TPSA) is 63.1 Å². The van der Waals surface area contributed by atoms with Crippen LogP contribution in [0.25, 0.3) is 0 Å². The number of rotatable bonds is 3. The minimum atomic E-state index is -0.243. The summed E-state index contributed by atoms with van der Waals surface area (Å²) in [5, 5.41) is 7.43. The van der Waals surface area contributed by atoms with E-state index in [1.165, 1.54) is 6.33 Å². The standard InChI is InChI=1S/C16H19N5O/c1-10-14(11(2)22)15(21-16(19-10)17-9-18-21)12-5-7-13(8-6-12)20(3)4/h5-9,15H,1-4H3,(H,17,18,19)/t15-/m0/s1. The molecule has 1 aliphatic rings. The number of carbonyl (C=O) groups excluding carboxylic acids is 1. The van der Waals surface area contributed by atoms with Crippen LogP contribution in [0.1, 0.15) is 25.5 Å². The van der Waals surface area contributed by atoms with E-state index in [1.807, 2.05) is 50.2 Å². The van der Waals surface area contributed by atoms with Crippen LogP contribution in [0.4, 0.5) is 11.6 Å². The number of aromatic nitrogens is 3. The van der Waals surface area contributed by atoms with Gasteiger partial charge < -0.3 is 10.2 Å².